The second kappa shape index (κ2) is 7.17. The molecule has 1 fully saturated rings. The third-order valence-electron chi connectivity index (χ3n) is 4.33. The van der Waals surface area contributed by atoms with Crippen LogP contribution in [0.3, 0.4) is 0 Å². The van der Waals surface area contributed by atoms with E-state index in [0.29, 0.717) is 13.2 Å². The summed E-state index contributed by atoms with van der Waals surface area (Å²) in [5.41, 5.74) is 1.64. The number of aryl methyl sites for hydroxylation is 1. The fourth-order valence-electron chi connectivity index (χ4n) is 3.02. The summed E-state index contributed by atoms with van der Waals surface area (Å²) in [6.45, 7) is 3.68. The number of rotatable bonds is 7. The predicted molar refractivity (Wildman–Crippen MR) is 92.5 cm³/mol. The van der Waals surface area contributed by atoms with Crippen molar-refractivity contribution in [1.82, 2.24) is 10.0 Å². The van der Waals surface area contributed by atoms with Crippen molar-refractivity contribution in [3.63, 3.8) is 0 Å². The van der Waals surface area contributed by atoms with Crippen molar-refractivity contribution >= 4 is 15.7 Å². The maximum absolute atomic E-state index is 12.6. The Kier molecular flexibility index (Phi) is 5.67. The zero-order chi connectivity index (χ0) is 17.1. The molecule has 1 aromatic rings. The van der Waals surface area contributed by atoms with Gasteiger partial charge in [-0.1, -0.05) is 6.07 Å². The van der Waals surface area contributed by atoms with Crippen LogP contribution in [0.2, 0.25) is 0 Å². The molecule has 0 saturated carbocycles. The molecule has 0 aliphatic carbocycles. The predicted octanol–water partition coefficient (Wildman–Crippen LogP) is 1.11. The van der Waals surface area contributed by atoms with Gasteiger partial charge in [0.05, 0.1) is 17.0 Å². The molecular weight excluding hydrogens is 314 g/mol. The first-order chi connectivity index (χ1) is 10.8. The highest BCUT2D eigenvalue weighted by atomic mass is 32.2. The Hall–Kier alpha value is -1.15. The van der Waals surface area contributed by atoms with Gasteiger partial charge in [0, 0.05) is 33.4 Å². The second-order valence-corrected chi connectivity index (χ2v) is 8.18. The highest BCUT2D eigenvalue weighted by molar-refractivity contribution is 7.89. The molecular formula is C16H27N3O3S. The Morgan fingerprint density at radius 3 is 2.70 bits per heavy atom. The van der Waals surface area contributed by atoms with E-state index in [0.717, 1.165) is 30.6 Å². The summed E-state index contributed by atoms with van der Waals surface area (Å²) in [5, 5.41) is 3.37. The standard InChI is InChI=1S/C16H27N3O3S/c1-13-6-7-14(10-15(13)19(2)3)23(20,21)18-11-16(12-22-4)8-5-9-17-16/h6-7,10,17-18H,5,8-9,11-12H2,1-4H3. The number of anilines is 1. The van der Waals surface area contributed by atoms with E-state index in [-0.39, 0.29) is 10.4 Å². The fourth-order valence-corrected chi connectivity index (χ4v) is 4.17. The maximum atomic E-state index is 12.6. The lowest BCUT2D eigenvalue weighted by Gasteiger charge is -2.29. The molecule has 2 rings (SSSR count). The maximum Gasteiger partial charge on any atom is 0.240 e. The molecule has 7 heteroatoms. The van der Waals surface area contributed by atoms with E-state index in [1.807, 2.05) is 32.0 Å². The Bertz CT molecular complexity index is 638. The number of nitrogens with zero attached hydrogens (tertiary/aromatic N) is 1. The van der Waals surface area contributed by atoms with Crippen molar-refractivity contribution in [1.29, 1.82) is 0 Å². The zero-order valence-electron chi connectivity index (χ0n) is 14.3. The first kappa shape index (κ1) is 18.2. The first-order valence-electron chi connectivity index (χ1n) is 7.81. The van der Waals surface area contributed by atoms with Gasteiger partial charge in [0.2, 0.25) is 10.0 Å². The highest BCUT2D eigenvalue weighted by Crippen LogP contribution is 2.23. The molecule has 130 valence electrons. The Morgan fingerprint density at radius 1 is 1.39 bits per heavy atom. The van der Waals surface area contributed by atoms with Crippen LogP contribution in [-0.2, 0) is 14.8 Å². The van der Waals surface area contributed by atoms with Crippen molar-refractivity contribution in [3.05, 3.63) is 23.8 Å². The Labute approximate surface area is 139 Å². The molecule has 0 aromatic heterocycles. The van der Waals surface area contributed by atoms with Crippen LogP contribution in [0.1, 0.15) is 18.4 Å². The summed E-state index contributed by atoms with van der Waals surface area (Å²) in [6.07, 6.45) is 1.93. The monoisotopic (exact) mass is 341 g/mol. The third-order valence-corrected chi connectivity index (χ3v) is 5.72. The lowest BCUT2D eigenvalue weighted by atomic mass is 9.99. The summed E-state index contributed by atoms with van der Waals surface area (Å²) in [6, 6.07) is 5.20. The minimum atomic E-state index is -3.55. The highest BCUT2D eigenvalue weighted by Gasteiger charge is 2.34. The van der Waals surface area contributed by atoms with Gasteiger partial charge in [-0.3, -0.25) is 0 Å². The van der Waals surface area contributed by atoms with Crippen molar-refractivity contribution in [2.75, 3.05) is 45.8 Å². The Balaban J connectivity index is 2.17. The smallest absolute Gasteiger partial charge is 0.240 e. The van der Waals surface area contributed by atoms with E-state index in [9.17, 15) is 8.42 Å². The van der Waals surface area contributed by atoms with Crippen LogP contribution in [0.5, 0.6) is 0 Å². The van der Waals surface area contributed by atoms with E-state index in [2.05, 4.69) is 10.0 Å². The molecule has 23 heavy (non-hydrogen) atoms. The van der Waals surface area contributed by atoms with Gasteiger partial charge in [-0.25, -0.2) is 13.1 Å². The van der Waals surface area contributed by atoms with Crippen LogP contribution in [0.4, 0.5) is 5.69 Å². The van der Waals surface area contributed by atoms with E-state index in [1.165, 1.54) is 0 Å². The molecule has 0 radical (unpaired) electrons. The van der Waals surface area contributed by atoms with Crippen molar-refractivity contribution < 1.29 is 13.2 Å². The van der Waals surface area contributed by atoms with Gasteiger partial charge >= 0.3 is 0 Å². The number of sulfonamides is 1. The molecule has 0 spiro atoms. The van der Waals surface area contributed by atoms with E-state index in [1.54, 1.807) is 19.2 Å². The molecule has 0 amide bonds. The van der Waals surface area contributed by atoms with Gasteiger partial charge < -0.3 is 15.0 Å². The fraction of sp³-hybridized carbons (Fsp3) is 0.625. The van der Waals surface area contributed by atoms with E-state index >= 15 is 0 Å². The van der Waals surface area contributed by atoms with Crippen LogP contribution in [-0.4, -0.2) is 54.9 Å². The Morgan fingerprint density at radius 2 is 2.13 bits per heavy atom. The van der Waals surface area contributed by atoms with Gasteiger partial charge in [0.1, 0.15) is 0 Å². The van der Waals surface area contributed by atoms with Crippen LogP contribution in [0, 0.1) is 6.92 Å². The summed E-state index contributed by atoms with van der Waals surface area (Å²) >= 11 is 0. The average Bonchev–Trinajstić information content (AvgIpc) is 2.95. The van der Waals surface area contributed by atoms with Crippen molar-refractivity contribution in [2.45, 2.75) is 30.2 Å². The van der Waals surface area contributed by atoms with Gasteiger partial charge in [-0.05, 0) is 44.0 Å². The van der Waals surface area contributed by atoms with E-state index < -0.39 is 10.0 Å². The minimum absolute atomic E-state index is 0.289. The molecule has 1 saturated heterocycles. The number of hydrogen-bond acceptors (Lipinski definition) is 5. The number of benzene rings is 1. The molecule has 1 aliphatic heterocycles. The average molecular weight is 341 g/mol. The third kappa shape index (κ3) is 4.23. The van der Waals surface area contributed by atoms with E-state index in [4.69, 9.17) is 4.74 Å². The van der Waals surface area contributed by atoms with Gasteiger partial charge in [0.15, 0.2) is 0 Å². The summed E-state index contributed by atoms with van der Waals surface area (Å²) in [7, 11) is 1.90. The number of ether oxygens (including phenoxy) is 1. The SMILES string of the molecule is COCC1(CNS(=O)(=O)c2ccc(C)c(N(C)C)c2)CCCN1. The molecule has 1 unspecified atom stereocenters. The molecule has 0 bridgehead atoms. The number of hydrogen-bond donors (Lipinski definition) is 2. The molecule has 1 atom stereocenters. The van der Waals surface area contributed by atoms with Gasteiger partial charge in [-0.2, -0.15) is 0 Å². The molecule has 1 heterocycles. The van der Waals surface area contributed by atoms with Gasteiger partial charge in [0.25, 0.3) is 0 Å². The topological polar surface area (TPSA) is 70.7 Å². The molecule has 6 nitrogen and oxygen atoms in total. The molecule has 2 N–H and O–H groups in total. The lowest BCUT2D eigenvalue weighted by Crippen LogP contribution is -2.52. The molecule has 1 aromatic carbocycles. The number of nitrogens with one attached hydrogen (secondary N) is 2. The lowest BCUT2D eigenvalue weighted by molar-refractivity contribution is 0.122. The summed E-state index contributed by atoms with van der Waals surface area (Å²) in [5.74, 6) is 0. The summed E-state index contributed by atoms with van der Waals surface area (Å²) in [4.78, 5) is 2.21. The first-order valence-corrected chi connectivity index (χ1v) is 9.30. The van der Waals surface area contributed by atoms with Crippen LogP contribution >= 0.6 is 0 Å². The quantitative estimate of drug-likeness (QED) is 0.777. The normalized spacial score (nSPS) is 21.6. The largest absolute Gasteiger partial charge is 0.383 e. The van der Waals surface area contributed by atoms with Gasteiger partial charge in [-0.15, -0.1) is 0 Å². The van der Waals surface area contributed by atoms with Crippen LogP contribution < -0.4 is 14.9 Å². The molecule has 1 aliphatic rings. The zero-order valence-corrected chi connectivity index (χ0v) is 15.2. The van der Waals surface area contributed by atoms with Crippen molar-refractivity contribution in [2.24, 2.45) is 0 Å². The van der Waals surface area contributed by atoms with Crippen LogP contribution in [0.25, 0.3) is 0 Å². The minimum Gasteiger partial charge on any atom is -0.383 e. The second-order valence-electron chi connectivity index (χ2n) is 6.41. The summed E-state index contributed by atoms with van der Waals surface area (Å²) < 4.78 is 33.2. The van der Waals surface area contributed by atoms with Crippen LogP contribution in [0.15, 0.2) is 23.1 Å². The van der Waals surface area contributed by atoms with Crippen molar-refractivity contribution in [3.8, 4) is 0 Å². The number of methoxy groups -OCH3 is 1.